The normalized spacial score (nSPS) is 15.1. The van der Waals surface area contributed by atoms with Gasteiger partial charge in [0.1, 0.15) is 16.5 Å². The molecule has 2 N–H and O–H groups in total. The van der Waals surface area contributed by atoms with Crippen LogP contribution in [0.5, 0.6) is 5.75 Å². The van der Waals surface area contributed by atoms with Gasteiger partial charge in [0, 0.05) is 17.7 Å². The maximum Gasteiger partial charge on any atom is 0.256 e. The molecule has 0 radical (unpaired) electrons. The minimum absolute atomic E-state index is 0.0688. The molecule has 1 aromatic carbocycles. The Balaban J connectivity index is 1.87. The standard InChI is InChI=1S/C19H26N4O4S/c1-13(2)22-28(25,26)17-12-14(8-9-16(17)27-3)19(24)21-18-10-11-20-23(18)15-6-4-5-7-15/h8-13,15,22H,4-7H2,1-3H3,(H,21,24). The van der Waals surface area contributed by atoms with Crippen molar-refractivity contribution in [1.82, 2.24) is 14.5 Å². The van der Waals surface area contributed by atoms with Gasteiger partial charge in [0.25, 0.3) is 5.91 Å². The molecule has 152 valence electrons. The topological polar surface area (TPSA) is 102 Å². The minimum Gasteiger partial charge on any atom is -0.495 e. The number of sulfonamides is 1. The van der Waals surface area contributed by atoms with Crippen LogP contribution >= 0.6 is 0 Å². The number of aromatic nitrogens is 2. The number of anilines is 1. The average molecular weight is 407 g/mol. The van der Waals surface area contributed by atoms with Gasteiger partial charge >= 0.3 is 0 Å². The van der Waals surface area contributed by atoms with Crippen molar-refractivity contribution in [3.63, 3.8) is 0 Å². The minimum atomic E-state index is -3.81. The van der Waals surface area contributed by atoms with Crippen LogP contribution in [0.3, 0.4) is 0 Å². The van der Waals surface area contributed by atoms with Crippen LogP contribution in [-0.4, -0.2) is 37.3 Å². The summed E-state index contributed by atoms with van der Waals surface area (Å²) in [7, 11) is -2.42. The van der Waals surface area contributed by atoms with Gasteiger partial charge in [0.05, 0.1) is 19.3 Å². The number of amides is 1. The van der Waals surface area contributed by atoms with Crippen LogP contribution in [0.2, 0.25) is 0 Å². The number of nitrogens with zero attached hydrogens (tertiary/aromatic N) is 2. The van der Waals surface area contributed by atoms with Gasteiger partial charge in [-0.25, -0.2) is 17.8 Å². The zero-order valence-electron chi connectivity index (χ0n) is 16.3. The van der Waals surface area contributed by atoms with Crippen LogP contribution in [0.1, 0.15) is 55.9 Å². The van der Waals surface area contributed by atoms with Crippen LogP contribution in [-0.2, 0) is 10.0 Å². The fraction of sp³-hybridized carbons (Fsp3) is 0.474. The summed E-state index contributed by atoms with van der Waals surface area (Å²) in [6.45, 7) is 3.45. The molecule has 0 aliphatic heterocycles. The summed E-state index contributed by atoms with van der Waals surface area (Å²) < 4.78 is 34.7. The number of carbonyl (C=O) groups is 1. The molecule has 28 heavy (non-hydrogen) atoms. The molecule has 0 spiro atoms. The summed E-state index contributed by atoms with van der Waals surface area (Å²) in [5.41, 5.74) is 0.226. The quantitative estimate of drug-likeness (QED) is 0.736. The summed E-state index contributed by atoms with van der Waals surface area (Å²) >= 11 is 0. The molecule has 8 nitrogen and oxygen atoms in total. The number of benzene rings is 1. The Morgan fingerprint density at radius 3 is 2.61 bits per heavy atom. The second-order valence-corrected chi connectivity index (χ2v) is 8.88. The Kier molecular flexibility index (Phi) is 6.04. The van der Waals surface area contributed by atoms with Crippen LogP contribution < -0.4 is 14.8 Å². The maximum atomic E-state index is 12.8. The Morgan fingerprint density at radius 1 is 1.25 bits per heavy atom. The predicted octanol–water partition coefficient (Wildman–Crippen LogP) is 2.95. The molecule has 1 fully saturated rings. The van der Waals surface area contributed by atoms with E-state index in [9.17, 15) is 13.2 Å². The molecule has 3 rings (SSSR count). The summed E-state index contributed by atoms with van der Waals surface area (Å²) in [4.78, 5) is 12.7. The van der Waals surface area contributed by atoms with E-state index in [1.54, 1.807) is 32.2 Å². The molecule has 1 heterocycles. The first-order chi connectivity index (χ1) is 13.3. The van der Waals surface area contributed by atoms with Gasteiger partial charge in [-0.1, -0.05) is 12.8 Å². The molecule has 1 saturated carbocycles. The van der Waals surface area contributed by atoms with Crippen molar-refractivity contribution in [2.24, 2.45) is 0 Å². The van der Waals surface area contributed by atoms with Crippen molar-refractivity contribution in [1.29, 1.82) is 0 Å². The SMILES string of the molecule is COc1ccc(C(=O)Nc2ccnn2C2CCCC2)cc1S(=O)(=O)NC(C)C. The van der Waals surface area contributed by atoms with Crippen molar-refractivity contribution in [2.45, 2.75) is 56.5 Å². The highest BCUT2D eigenvalue weighted by Crippen LogP contribution is 2.31. The molecular formula is C19H26N4O4S. The number of hydrogen-bond donors (Lipinski definition) is 2. The van der Waals surface area contributed by atoms with Gasteiger partial charge in [0.15, 0.2) is 0 Å². The molecule has 0 unspecified atom stereocenters. The second kappa shape index (κ2) is 8.32. The second-order valence-electron chi connectivity index (χ2n) is 7.20. The summed E-state index contributed by atoms with van der Waals surface area (Å²) in [5.74, 6) is 0.390. The molecule has 1 aromatic heterocycles. The Hall–Kier alpha value is -2.39. The third-order valence-electron chi connectivity index (χ3n) is 4.69. The Bertz CT molecular complexity index is 947. The molecule has 9 heteroatoms. The lowest BCUT2D eigenvalue weighted by Gasteiger charge is -2.16. The zero-order chi connectivity index (χ0) is 20.3. The van der Waals surface area contributed by atoms with E-state index in [4.69, 9.17) is 4.74 Å². The molecule has 0 bridgehead atoms. The largest absolute Gasteiger partial charge is 0.495 e. The van der Waals surface area contributed by atoms with Crippen molar-refractivity contribution in [3.05, 3.63) is 36.0 Å². The van der Waals surface area contributed by atoms with E-state index < -0.39 is 15.9 Å². The van der Waals surface area contributed by atoms with Crippen molar-refractivity contribution in [2.75, 3.05) is 12.4 Å². The summed E-state index contributed by atoms with van der Waals surface area (Å²) in [6, 6.07) is 6.10. The fourth-order valence-corrected chi connectivity index (χ4v) is 4.89. The Morgan fingerprint density at radius 2 is 1.96 bits per heavy atom. The van der Waals surface area contributed by atoms with Gasteiger partial charge in [-0.15, -0.1) is 0 Å². The van der Waals surface area contributed by atoms with E-state index in [1.165, 1.54) is 19.2 Å². The molecule has 1 aliphatic carbocycles. The van der Waals surface area contributed by atoms with Gasteiger partial charge in [-0.2, -0.15) is 5.10 Å². The molecule has 0 atom stereocenters. The third kappa shape index (κ3) is 4.36. The van der Waals surface area contributed by atoms with E-state index in [0.717, 1.165) is 25.7 Å². The van der Waals surface area contributed by atoms with Crippen LogP contribution in [0.4, 0.5) is 5.82 Å². The lowest BCUT2D eigenvalue weighted by atomic mass is 10.2. The lowest BCUT2D eigenvalue weighted by molar-refractivity contribution is 0.102. The number of nitrogens with one attached hydrogen (secondary N) is 2. The van der Waals surface area contributed by atoms with Crippen LogP contribution in [0.25, 0.3) is 0 Å². The fourth-order valence-electron chi connectivity index (χ4n) is 3.44. The molecule has 1 amide bonds. The number of hydrogen-bond acceptors (Lipinski definition) is 5. The molecule has 0 saturated heterocycles. The monoisotopic (exact) mass is 406 g/mol. The van der Waals surface area contributed by atoms with Crippen molar-refractivity contribution in [3.8, 4) is 5.75 Å². The summed E-state index contributed by atoms with van der Waals surface area (Å²) in [5, 5.41) is 7.18. The van der Waals surface area contributed by atoms with E-state index in [1.807, 2.05) is 4.68 Å². The van der Waals surface area contributed by atoms with E-state index in [0.29, 0.717) is 5.82 Å². The predicted molar refractivity (Wildman–Crippen MR) is 106 cm³/mol. The van der Waals surface area contributed by atoms with Gasteiger partial charge < -0.3 is 10.1 Å². The van der Waals surface area contributed by atoms with Gasteiger partial charge in [0.2, 0.25) is 10.0 Å². The third-order valence-corrected chi connectivity index (χ3v) is 6.37. The first-order valence-corrected chi connectivity index (χ1v) is 10.9. The zero-order valence-corrected chi connectivity index (χ0v) is 17.1. The van der Waals surface area contributed by atoms with Gasteiger partial charge in [-0.05, 0) is 44.9 Å². The average Bonchev–Trinajstić information content (AvgIpc) is 3.31. The highest BCUT2D eigenvalue weighted by molar-refractivity contribution is 7.89. The maximum absolute atomic E-state index is 12.8. The van der Waals surface area contributed by atoms with Gasteiger partial charge in [-0.3, -0.25) is 4.79 Å². The first-order valence-electron chi connectivity index (χ1n) is 9.37. The van der Waals surface area contributed by atoms with Crippen LogP contribution in [0, 0.1) is 0 Å². The van der Waals surface area contributed by atoms with Crippen molar-refractivity contribution < 1.29 is 17.9 Å². The van der Waals surface area contributed by atoms with E-state index in [2.05, 4.69) is 15.1 Å². The highest BCUT2D eigenvalue weighted by Gasteiger charge is 2.24. The number of ether oxygens (including phenoxy) is 1. The van der Waals surface area contributed by atoms with Crippen molar-refractivity contribution >= 4 is 21.7 Å². The van der Waals surface area contributed by atoms with E-state index >= 15 is 0 Å². The number of rotatable bonds is 7. The first kappa shape index (κ1) is 20.3. The number of methoxy groups -OCH3 is 1. The smallest absolute Gasteiger partial charge is 0.256 e. The van der Waals surface area contributed by atoms with E-state index in [-0.39, 0.29) is 28.3 Å². The van der Waals surface area contributed by atoms with Crippen LogP contribution in [0.15, 0.2) is 35.4 Å². The molecular weight excluding hydrogens is 380 g/mol. The molecule has 2 aromatic rings. The number of carbonyl (C=O) groups excluding carboxylic acids is 1. The molecule has 1 aliphatic rings. The lowest BCUT2D eigenvalue weighted by Crippen LogP contribution is -2.30. The Labute approximate surface area is 165 Å². The highest BCUT2D eigenvalue weighted by atomic mass is 32.2. The summed E-state index contributed by atoms with van der Waals surface area (Å²) in [6.07, 6.45) is 6.04.